The summed E-state index contributed by atoms with van der Waals surface area (Å²) in [6, 6.07) is 7.91. The molecule has 0 aliphatic carbocycles. The number of carbonyl (C=O) groups is 1. The largest absolute Gasteiger partial charge is 0.476 e. The number of aryl methyl sites for hydroxylation is 1. The standard InChI is InChI=1S/C17H17N5O3/c1-2-14-21-16(25-22-14)12-5-3-11(4-6-12)7-8-18-15-10-19-13(9-20-15)17(23)24/h3-6,9-10H,2,7-8H2,1H3,(H,18,20)(H,23,24). The van der Waals surface area contributed by atoms with Gasteiger partial charge in [-0.3, -0.25) is 0 Å². The fraction of sp³-hybridized carbons (Fsp3) is 0.235. The molecule has 8 nitrogen and oxygen atoms in total. The van der Waals surface area contributed by atoms with Gasteiger partial charge in [0.05, 0.1) is 12.4 Å². The van der Waals surface area contributed by atoms with Crippen molar-refractivity contribution >= 4 is 11.8 Å². The van der Waals surface area contributed by atoms with E-state index in [1.807, 2.05) is 31.2 Å². The van der Waals surface area contributed by atoms with E-state index < -0.39 is 5.97 Å². The van der Waals surface area contributed by atoms with Gasteiger partial charge in [0.2, 0.25) is 0 Å². The molecule has 3 aromatic rings. The third-order valence-corrected chi connectivity index (χ3v) is 3.58. The molecule has 0 unspecified atom stereocenters. The highest BCUT2D eigenvalue weighted by Crippen LogP contribution is 2.18. The number of aromatic nitrogens is 4. The van der Waals surface area contributed by atoms with E-state index in [-0.39, 0.29) is 5.69 Å². The maximum absolute atomic E-state index is 10.7. The number of nitrogens with one attached hydrogen (secondary N) is 1. The Balaban J connectivity index is 1.54. The minimum Gasteiger partial charge on any atom is -0.476 e. The first-order chi connectivity index (χ1) is 12.2. The molecule has 8 heteroatoms. The summed E-state index contributed by atoms with van der Waals surface area (Å²) in [6.45, 7) is 2.63. The number of aromatic carboxylic acids is 1. The van der Waals surface area contributed by atoms with E-state index >= 15 is 0 Å². The molecule has 2 aromatic heterocycles. The Kier molecular flexibility index (Phi) is 4.98. The molecule has 2 N–H and O–H groups in total. The van der Waals surface area contributed by atoms with Crippen molar-refractivity contribution < 1.29 is 14.4 Å². The zero-order chi connectivity index (χ0) is 17.6. The maximum Gasteiger partial charge on any atom is 0.356 e. The quantitative estimate of drug-likeness (QED) is 0.674. The lowest BCUT2D eigenvalue weighted by Gasteiger charge is -2.06. The maximum atomic E-state index is 10.7. The van der Waals surface area contributed by atoms with Crippen LogP contribution in [0.3, 0.4) is 0 Å². The van der Waals surface area contributed by atoms with Crippen LogP contribution in [0.2, 0.25) is 0 Å². The number of rotatable bonds is 7. The predicted molar refractivity (Wildman–Crippen MR) is 90.3 cm³/mol. The Morgan fingerprint density at radius 3 is 2.60 bits per heavy atom. The second-order valence-electron chi connectivity index (χ2n) is 5.34. The van der Waals surface area contributed by atoms with Crippen molar-refractivity contribution in [2.24, 2.45) is 0 Å². The third-order valence-electron chi connectivity index (χ3n) is 3.58. The summed E-state index contributed by atoms with van der Waals surface area (Å²) in [6.07, 6.45) is 4.16. The van der Waals surface area contributed by atoms with Crippen LogP contribution < -0.4 is 5.32 Å². The second-order valence-corrected chi connectivity index (χ2v) is 5.34. The van der Waals surface area contributed by atoms with Crippen molar-refractivity contribution in [2.75, 3.05) is 11.9 Å². The van der Waals surface area contributed by atoms with Gasteiger partial charge in [0, 0.05) is 18.5 Å². The van der Waals surface area contributed by atoms with Crippen LogP contribution in [0.4, 0.5) is 5.82 Å². The lowest BCUT2D eigenvalue weighted by Crippen LogP contribution is -2.08. The molecule has 0 fully saturated rings. The van der Waals surface area contributed by atoms with Gasteiger partial charge in [-0.15, -0.1) is 0 Å². The van der Waals surface area contributed by atoms with Gasteiger partial charge >= 0.3 is 5.97 Å². The van der Waals surface area contributed by atoms with Crippen molar-refractivity contribution in [3.8, 4) is 11.5 Å². The summed E-state index contributed by atoms with van der Waals surface area (Å²) < 4.78 is 5.22. The average Bonchev–Trinajstić information content (AvgIpc) is 3.12. The molecule has 0 saturated heterocycles. The number of hydrogen-bond acceptors (Lipinski definition) is 7. The van der Waals surface area contributed by atoms with Crippen molar-refractivity contribution in [3.63, 3.8) is 0 Å². The Bertz CT molecular complexity index is 843. The Labute approximate surface area is 144 Å². The Morgan fingerprint density at radius 2 is 2.00 bits per heavy atom. The van der Waals surface area contributed by atoms with Crippen LogP contribution in [0.5, 0.6) is 0 Å². The SMILES string of the molecule is CCc1noc(-c2ccc(CCNc3cnc(C(=O)O)cn3)cc2)n1. The summed E-state index contributed by atoms with van der Waals surface area (Å²) in [5.74, 6) is 0.666. The summed E-state index contributed by atoms with van der Waals surface area (Å²) in [7, 11) is 0. The first-order valence-corrected chi connectivity index (χ1v) is 7.87. The topological polar surface area (TPSA) is 114 Å². The molecule has 0 aliphatic heterocycles. The highest BCUT2D eigenvalue weighted by atomic mass is 16.5. The molecule has 0 bridgehead atoms. The number of anilines is 1. The molecule has 0 atom stereocenters. The number of hydrogen-bond donors (Lipinski definition) is 2. The van der Waals surface area contributed by atoms with Crippen LogP contribution >= 0.6 is 0 Å². The summed E-state index contributed by atoms with van der Waals surface area (Å²) in [5.41, 5.74) is 1.95. The molecule has 3 rings (SSSR count). The van der Waals surface area contributed by atoms with Crippen LogP contribution in [0.15, 0.2) is 41.2 Å². The highest BCUT2D eigenvalue weighted by molar-refractivity contribution is 5.84. The van der Waals surface area contributed by atoms with Crippen LogP contribution in [0.25, 0.3) is 11.5 Å². The van der Waals surface area contributed by atoms with Crippen LogP contribution in [0, 0.1) is 0 Å². The predicted octanol–water partition coefficient (Wildman–Crippen LogP) is 2.44. The number of benzene rings is 1. The van der Waals surface area contributed by atoms with E-state index in [0.29, 0.717) is 24.1 Å². The highest BCUT2D eigenvalue weighted by Gasteiger charge is 2.07. The Morgan fingerprint density at radius 1 is 1.20 bits per heavy atom. The van der Waals surface area contributed by atoms with Gasteiger partial charge in [-0.25, -0.2) is 14.8 Å². The lowest BCUT2D eigenvalue weighted by atomic mass is 10.1. The number of carboxylic acid groups (broad SMARTS) is 1. The molecule has 0 aliphatic rings. The van der Waals surface area contributed by atoms with Crippen LogP contribution in [-0.2, 0) is 12.8 Å². The molecule has 0 amide bonds. The Hall–Kier alpha value is -3.29. The van der Waals surface area contributed by atoms with E-state index in [4.69, 9.17) is 9.63 Å². The normalized spacial score (nSPS) is 10.6. The first kappa shape index (κ1) is 16.6. The van der Waals surface area contributed by atoms with Gasteiger partial charge < -0.3 is 14.9 Å². The first-order valence-electron chi connectivity index (χ1n) is 7.87. The van der Waals surface area contributed by atoms with Crippen molar-refractivity contribution in [1.29, 1.82) is 0 Å². The van der Waals surface area contributed by atoms with Gasteiger partial charge in [-0.05, 0) is 24.1 Å². The van der Waals surface area contributed by atoms with Crippen LogP contribution in [0.1, 0.15) is 28.8 Å². The molecule has 0 radical (unpaired) electrons. The third kappa shape index (κ3) is 4.17. The monoisotopic (exact) mass is 339 g/mol. The molecule has 0 spiro atoms. The van der Waals surface area contributed by atoms with Gasteiger partial charge in [-0.1, -0.05) is 24.2 Å². The number of carboxylic acids is 1. The van der Waals surface area contributed by atoms with Crippen molar-refractivity contribution in [2.45, 2.75) is 19.8 Å². The smallest absolute Gasteiger partial charge is 0.356 e. The zero-order valence-corrected chi connectivity index (χ0v) is 13.6. The molecule has 0 saturated carbocycles. The number of nitrogens with zero attached hydrogens (tertiary/aromatic N) is 4. The minimum absolute atomic E-state index is 0.0756. The van der Waals surface area contributed by atoms with Crippen LogP contribution in [-0.4, -0.2) is 37.7 Å². The van der Waals surface area contributed by atoms with E-state index in [9.17, 15) is 4.79 Å². The minimum atomic E-state index is -1.09. The van der Waals surface area contributed by atoms with Gasteiger partial charge in [0.15, 0.2) is 11.5 Å². The molecule has 2 heterocycles. The lowest BCUT2D eigenvalue weighted by molar-refractivity contribution is 0.0690. The fourth-order valence-electron chi connectivity index (χ4n) is 2.19. The van der Waals surface area contributed by atoms with E-state index in [2.05, 4.69) is 25.4 Å². The van der Waals surface area contributed by atoms with E-state index in [1.165, 1.54) is 12.4 Å². The molecular weight excluding hydrogens is 322 g/mol. The fourth-order valence-corrected chi connectivity index (χ4v) is 2.19. The molecule has 1 aromatic carbocycles. The summed E-state index contributed by atoms with van der Waals surface area (Å²) in [5, 5.41) is 15.8. The molecular formula is C17H17N5O3. The van der Waals surface area contributed by atoms with Gasteiger partial charge in [-0.2, -0.15) is 4.98 Å². The van der Waals surface area contributed by atoms with E-state index in [1.54, 1.807) is 0 Å². The molecule has 128 valence electrons. The summed E-state index contributed by atoms with van der Waals surface area (Å²) >= 11 is 0. The van der Waals surface area contributed by atoms with Crippen molar-refractivity contribution in [1.82, 2.24) is 20.1 Å². The zero-order valence-electron chi connectivity index (χ0n) is 13.6. The van der Waals surface area contributed by atoms with Crippen molar-refractivity contribution in [3.05, 3.63) is 53.7 Å². The molecule has 25 heavy (non-hydrogen) atoms. The van der Waals surface area contributed by atoms with E-state index in [0.717, 1.165) is 24.0 Å². The second kappa shape index (κ2) is 7.52. The summed E-state index contributed by atoms with van der Waals surface area (Å²) in [4.78, 5) is 22.8. The average molecular weight is 339 g/mol. The van der Waals surface area contributed by atoms with Gasteiger partial charge in [0.1, 0.15) is 5.82 Å². The van der Waals surface area contributed by atoms with Gasteiger partial charge in [0.25, 0.3) is 5.89 Å².